The van der Waals surface area contributed by atoms with Crippen LogP contribution >= 0.6 is 0 Å². The highest BCUT2D eigenvalue weighted by Crippen LogP contribution is 2.29. The minimum atomic E-state index is -0.414. The van der Waals surface area contributed by atoms with Gasteiger partial charge < -0.3 is 10.4 Å². The molecular formula is C15H20N2O3. The van der Waals surface area contributed by atoms with E-state index in [1.807, 2.05) is 27.0 Å². The Morgan fingerprint density at radius 1 is 1.40 bits per heavy atom. The summed E-state index contributed by atoms with van der Waals surface area (Å²) in [6, 6.07) is 6.44. The van der Waals surface area contributed by atoms with Crippen LogP contribution in [0.15, 0.2) is 41.6 Å². The van der Waals surface area contributed by atoms with Gasteiger partial charge in [-0.25, -0.2) is 0 Å². The van der Waals surface area contributed by atoms with E-state index in [1.54, 1.807) is 12.1 Å². The molecule has 0 aliphatic carbocycles. The van der Waals surface area contributed by atoms with E-state index < -0.39 is 4.92 Å². The molecule has 1 aromatic rings. The van der Waals surface area contributed by atoms with Crippen molar-refractivity contribution >= 4 is 11.3 Å². The Labute approximate surface area is 118 Å². The van der Waals surface area contributed by atoms with Crippen LogP contribution in [0.5, 0.6) is 0 Å². The van der Waals surface area contributed by atoms with Crippen molar-refractivity contribution in [3.8, 4) is 0 Å². The summed E-state index contributed by atoms with van der Waals surface area (Å²) in [6.07, 6.45) is 2.50. The number of rotatable bonds is 6. The lowest BCUT2D eigenvalue weighted by atomic mass is 9.93. The Bertz CT molecular complexity index is 531. The molecule has 0 radical (unpaired) electrons. The van der Waals surface area contributed by atoms with Gasteiger partial charge in [-0.05, 0) is 43.5 Å². The molecular weight excluding hydrogens is 256 g/mol. The number of allylic oxidation sites excluding steroid dienone is 3. The predicted octanol–water partition coefficient (Wildman–Crippen LogP) is 2.87. The van der Waals surface area contributed by atoms with Gasteiger partial charge >= 0.3 is 0 Å². The molecule has 1 aromatic carbocycles. The number of nitrogens with one attached hydrogen (secondary N) is 1. The van der Waals surface area contributed by atoms with Crippen LogP contribution in [0.3, 0.4) is 0 Å². The van der Waals surface area contributed by atoms with Crippen molar-refractivity contribution in [3.63, 3.8) is 0 Å². The summed E-state index contributed by atoms with van der Waals surface area (Å²) in [5.74, 6) is 0. The standard InChI is InChI=1S/C15H20N2O3/c1-4-12(9-10-18)15(11(2)16-3)13-5-7-14(8-6-13)17(19)20/h4-8,16,18H,9-10H2,1-3H3/b12-4+,15-11+. The number of non-ortho nitro benzene ring substituents is 1. The van der Waals surface area contributed by atoms with Gasteiger partial charge in [-0.1, -0.05) is 6.08 Å². The first-order valence-electron chi connectivity index (χ1n) is 6.45. The summed E-state index contributed by atoms with van der Waals surface area (Å²) in [7, 11) is 1.83. The van der Waals surface area contributed by atoms with Gasteiger partial charge in [0.05, 0.1) is 4.92 Å². The van der Waals surface area contributed by atoms with Gasteiger partial charge in [-0.3, -0.25) is 10.1 Å². The number of aliphatic hydroxyl groups excluding tert-OH is 1. The van der Waals surface area contributed by atoms with Crippen LogP contribution in [-0.4, -0.2) is 23.7 Å². The van der Waals surface area contributed by atoms with E-state index in [0.717, 1.165) is 22.4 Å². The smallest absolute Gasteiger partial charge is 0.269 e. The molecule has 0 saturated carbocycles. The number of hydrogen-bond acceptors (Lipinski definition) is 4. The second-order valence-electron chi connectivity index (χ2n) is 4.34. The van der Waals surface area contributed by atoms with Gasteiger partial charge in [0.1, 0.15) is 0 Å². The van der Waals surface area contributed by atoms with E-state index in [9.17, 15) is 10.1 Å². The molecule has 0 fully saturated rings. The zero-order chi connectivity index (χ0) is 15.1. The molecule has 0 aromatic heterocycles. The molecule has 0 bridgehead atoms. The molecule has 2 N–H and O–H groups in total. The molecule has 0 amide bonds. The lowest BCUT2D eigenvalue weighted by Gasteiger charge is -2.15. The summed E-state index contributed by atoms with van der Waals surface area (Å²) in [4.78, 5) is 10.3. The number of nitrogens with zero attached hydrogens (tertiary/aromatic N) is 1. The molecule has 0 aliphatic rings. The van der Waals surface area contributed by atoms with Crippen molar-refractivity contribution in [2.75, 3.05) is 13.7 Å². The fourth-order valence-electron chi connectivity index (χ4n) is 2.05. The van der Waals surface area contributed by atoms with E-state index in [-0.39, 0.29) is 12.3 Å². The lowest BCUT2D eigenvalue weighted by molar-refractivity contribution is -0.384. The SMILES string of the molecule is C/C=C(CCO)/C(=C(/C)NC)c1ccc([N+](=O)[O-])cc1. The molecule has 0 spiro atoms. The van der Waals surface area contributed by atoms with E-state index in [1.165, 1.54) is 12.1 Å². The predicted molar refractivity (Wildman–Crippen MR) is 80.2 cm³/mol. The van der Waals surface area contributed by atoms with Crippen molar-refractivity contribution in [2.24, 2.45) is 0 Å². The Kier molecular flexibility index (Phi) is 5.93. The molecule has 5 heteroatoms. The monoisotopic (exact) mass is 276 g/mol. The summed E-state index contributed by atoms with van der Waals surface area (Å²) < 4.78 is 0. The molecule has 0 unspecified atom stereocenters. The van der Waals surface area contributed by atoms with Crippen molar-refractivity contribution in [3.05, 3.63) is 57.3 Å². The van der Waals surface area contributed by atoms with Crippen LogP contribution in [0.4, 0.5) is 5.69 Å². The van der Waals surface area contributed by atoms with Crippen LogP contribution in [0, 0.1) is 10.1 Å². The number of aliphatic hydroxyl groups is 1. The Hall–Kier alpha value is -2.14. The summed E-state index contributed by atoms with van der Waals surface area (Å²) in [5, 5.41) is 23.0. The van der Waals surface area contributed by atoms with Gasteiger partial charge in [0.2, 0.25) is 0 Å². The van der Waals surface area contributed by atoms with E-state index in [4.69, 9.17) is 5.11 Å². The maximum absolute atomic E-state index is 10.7. The number of nitro benzene ring substituents is 1. The molecule has 0 aliphatic heterocycles. The molecule has 0 heterocycles. The highest BCUT2D eigenvalue weighted by Gasteiger charge is 2.12. The van der Waals surface area contributed by atoms with Crippen LogP contribution < -0.4 is 5.32 Å². The lowest BCUT2D eigenvalue weighted by Crippen LogP contribution is -2.08. The van der Waals surface area contributed by atoms with E-state index >= 15 is 0 Å². The topological polar surface area (TPSA) is 75.4 Å². The first kappa shape index (κ1) is 15.9. The molecule has 0 saturated heterocycles. The Morgan fingerprint density at radius 2 is 2.00 bits per heavy atom. The largest absolute Gasteiger partial charge is 0.396 e. The van der Waals surface area contributed by atoms with Crippen LogP contribution in [0.2, 0.25) is 0 Å². The average molecular weight is 276 g/mol. The highest BCUT2D eigenvalue weighted by molar-refractivity contribution is 5.81. The third kappa shape index (κ3) is 3.68. The normalized spacial score (nSPS) is 12.9. The van der Waals surface area contributed by atoms with Crippen LogP contribution in [-0.2, 0) is 0 Å². The summed E-state index contributed by atoms with van der Waals surface area (Å²) in [6.45, 7) is 3.92. The van der Waals surface area contributed by atoms with Crippen molar-refractivity contribution < 1.29 is 10.0 Å². The molecule has 5 nitrogen and oxygen atoms in total. The zero-order valence-electron chi connectivity index (χ0n) is 12.0. The van der Waals surface area contributed by atoms with Gasteiger partial charge in [-0.15, -0.1) is 0 Å². The Morgan fingerprint density at radius 3 is 2.40 bits per heavy atom. The van der Waals surface area contributed by atoms with Gasteiger partial charge in [0.15, 0.2) is 0 Å². The third-order valence-electron chi connectivity index (χ3n) is 3.17. The third-order valence-corrected chi connectivity index (χ3v) is 3.17. The fourth-order valence-corrected chi connectivity index (χ4v) is 2.05. The maximum Gasteiger partial charge on any atom is 0.269 e. The minimum Gasteiger partial charge on any atom is -0.396 e. The first-order chi connectivity index (χ1) is 9.54. The first-order valence-corrected chi connectivity index (χ1v) is 6.45. The van der Waals surface area contributed by atoms with Gasteiger partial charge in [-0.2, -0.15) is 0 Å². The minimum absolute atomic E-state index is 0.0626. The quantitative estimate of drug-likeness (QED) is 0.476. The van der Waals surface area contributed by atoms with Crippen LogP contribution in [0.1, 0.15) is 25.8 Å². The molecule has 20 heavy (non-hydrogen) atoms. The van der Waals surface area contributed by atoms with Crippen molar-refractivity contribution in [1.82, 2.24) is 5.32 Å². The number of nitro groups is 1. The highest BCUT2D eigenvalue weighted by atomic mass is 16.6. The second-order valence-corrected chi connectivity index (χ2v) is 4.34. The van der Waals surface area contributed by atoms with Crippen molar-refractivity contribution in [1.29, 1.82) is 0 Å². The number of benzene rings is 1. The van der Waals surface area contributed by atoms with E-state index in [2.05, 4.69) is 5.32 Å². The zero-order valence-corrected chi connectivity index (χ0v) is 12.0. The summed E-state index contributed by atoms with van der Waals surface area (Å²) in [5.41, 5.74) is 3.90. The maximum atomic E-state index is 10.7. The molecule has 0 atom stereocenters. The Balaban J connectivity index is 3.29. The van der Waals surface area contributed by atoms with Crippen molar-refractivity contribution in [2.45, 2.75) is 20.3 Å². The average Bonchev–Trinajstić information content (AvgIpc) is 2.46. The van der Waals surface area contributed by atoms with Gasteiger partial charge in [0, 0.05) is 37.1 Å². The molecule has 108 valence electrons. The van der Waals surface area contributed by atoms with E-state index in [0.29, 0.717) is 6.42 Å². The number of hydrogen-bond donors (Lipinski definition) is 2. The summed E-state index contributed by atoms with van der Waals surface area (Å²) >= 11 is 0. The molecule has 1 rings (SSSR count). The fraction of sp³-hybridized carbons (Fsp3) is 0.333. The van der Waals surface area contributed by atoms with Crippen LogP contribution in [0.25, 0.3) is 5.57 Å². The second kappa shape index (κ2) is 7.45. The van der Waals surface area contributed by atoms with Gasteiger partial charge in [0.25, 0.3) is 5.69 Å².